The molecule has 1 N–H and O–H groups in total. The summed E-state index contributed by atoms with van der Waals surface area (Å²) in [4.78, 5) is 0. The summed E-state index contributed by atoms with van der Waals surface area (Å²) < 4.78 is 14.5. The van der Waals surface area contributed by atoms with Crippen LogP contribution < -0.4 is 5.32 Å². The predicted octanol–water partition coefficient (Wildman–Crippen LogP) is 4.78. The summed E-state index contributed by atoms with van der Waals surface area (Å²) in [6.07, 6.45) is 0. The van der Waals surface area contributed by atoms with Crippen molar-refractivity contribution in [1.82, 2.24) is 5.32 Å². The van der Waals surface area contributed by atoms with Gasteiger partial charge < -0.3 is 5.32 Å². The first kappa shape index (κ1) is 15.5. The smallest absolute Gasteiger partial charge is 0.128 e. The van der Waals surface area contributed by atoms with Crippen molar-refractivity contribution >= 4 is 0 Å². The van der Waals surface area contributed by atoms with E-state index in [4.69, 9.17) is 0 Å². The van der Waals surface area contributed by atoms with Gasteiger partial charge in [-0.2, -0.15) is 0 Å². The molecule has 0 saturated heterocycles. The van der Waals surface area contributed by atoms with Gasteiger partial charge in [0.05, 0.1) is 0 Å². The van der Waals surface area contributed by atoms with Crippen LogP contribution in [-0.2, 0) is 0 Å². The summed E-state index contributed by atoms with van der Waals surface area (Å²) >= 11 is 0. The highest BCUT2D eigenvalue weighted by molar-refractivity contribution is 5.37. The number of halogens is 1. The molecule has 1 atom stereocenters. The van der Waals surface area contributed by atoms with Crippen LogP contribution in [0.5, 0.6) is 0 Å². The zero-order valence-electron chi connectivity index (χ0n) is 13.9. The van der Waals surface area contributed by atoms with Crippen LogP contribution in [0, 0.1) is 36.4 Å². The van der Waals surface area contributed by atoms with Crippen LogP contribution in [0.4, 0.5) is 4.39 Å². The molecule has 1 aromatic carbocycles. The van der Waals surface area contributed by atoms with Gasteiger partial charge in [-0.15, -0.1) is 0 Å². The standard InChI is InChI=1S/C18H28FN/c1-8-20-15(16-17(4,5)18(16,6)7)14-12(3)9-11(2)10-13(14)19/h9-10,15-16,20H,8H2,1-7H3. The fourth-order valence-electron chi connectivity index (χ4n) is 4.01. The number of hydrogen-bond acceptors (Lipinski definition) is 1. The lowest BCUT2D eigenvalue weighted by Crippen LogP contribution is -2.27. The lowest BCUT2D eigenvalue weighted by atomic mass is 9.91. The summed E-state index contributed by atoms with van der Waals surface area (Å²) in [6.45, 7) is 16.1. The molecule has 1 aliphatic rings. The van der Waals surface area contributed by atoms with Gasteiger partial charge in [-0.1, -0.05) is 40.7 Å². The first-order valence-electron chi connectivity index (χ1n) is 7.64. The molecule has 2 rings (SSSR count). The zero-order valence-corrected chi connectivity index (χ0v) is 13.9. The average Bonchev–Trinajstić information content (AvgIpc) is 2.66. The fourth-order valence-corrected chi connectivity index (χ4v) is 4.01. The molecule has 1 aromatic rings. The highest BCUT2D eigenvalue weighted by Crippen LogP contribution is 2.72. The first-order chi connectivity index (χ1) is 9.14. The molecule has 1 aliphatic carbocycles. The molecule has 0 amide bonds. The van der Waals surface area contributed by atoms with Gasteiger partial charge in [0.15, 0.2) is 0 Å². The van der Waals surface area contributed by atoms with Crippen LogP contribution in [0.2, 0.25) is 0 Å². The normalized spacial score (nSPS) is 21.8. The Morgan fingerprint density at radius 2 is 1.70 bits per heavy atom. The topological polar surface area (TPSA) is 12.0 Å². The molecule has 1 nitrogen and oxygen atoms in total. The van der Waals surface area contributed by atoms with Crippen LogP contribution >= 0.6 is 0 Å². The maximum atomic E-state index is 14.5. The predicted molar refractivity (Wildman–Crippen MR) is 83.3 cm³/mol. The maximum Gasteiger partial charge on any atom is 0.128 e. The minimum atomic E-state index is -0.0630. The Bertz CT molecular complexity index is 479. The molecule has 1 unspecified atom stereocenters. The molecule has 112 valence electrons. The van der Waals surface area contributed by atoms with Gasteiger partial charge in [0, 0.05) is 11.6 Å². The monoisotopic (exact) mass is 277 g/mol. The Balaban J connectivity index is 2.47. The molecule has 1 saturated carbocycles. The second-order valence-corrected chi connectivity index (χ2v) is 7.43. The third kappa shape index (κ3) is 2.18. The van der Waals surface area contributed by atoms with Gasteiger partial charge in [0.1, 0.15) is 5.82 Å². The summed E-state index contributed by atoms with van der Waals surface area (Å²) in [7, 11) is 0. The van der Waals surface area contributed by atoms with E-state index in [0.29, 0.717) is 5.92 Å². The number of aryl methyl sites for hydroxylation is 2. The lowest BCUT2D eigenvalue weighted by Gasteiger charge is -2.23. The molecule has 20 heavy (non-hydrogen) atoms. The Morgan fingerprint density at radius 1 is 1.15 bits per heavy atom. The van der Waals surface area contributed by atoms with E-state index >= 15 is 0 Å². The van der Waals surface area contributed by atoms with Crippen molar-refractivity contribution < 1.29 is 4.39 Å². The summed E-state index contributed by atoms with van der Waals surface area (Å²) in [5.74, 6) is 0.401. The van der Waals surface area contributed by atoms with Gasteiger partial charge in [-0.25, -0.2) is 4.39 Å². The molecule has 0 aromatic heterocycles. The van der Waals surface area contributed by atoms with Crippen molar-refractivity contribution in [3.63, 3.8) is 0 Å². The molecule has 0 heterocycles. The van der Waals surface area contributed by atoms with Crippen LogP contribution in [0.15, 0.2) is 12.1 Å². The Labute approximate surface area is 123 Å². The van der Waals surface area contributed by atoms with Crippen LogP contribution in [-0.4, -0.2) is 6.54 Å². The van der Waals surface area contributed by atoms with E-state index in [2.05, 4.69) is 46.0 Å². The van der Waals surface area contributed by atoms with E-state index in [-0.39, 0.29) is 22.7 Å². The Hall–Kier alpha value is -0.890. The van der Waals surface area contributed by atoms with Crippen molar-refractivity contribution in [2.24, 2.45) is 16.7 Å². The second kappa shape index (κ2) is 4.84. The third-order valence-corrected chi connectivity index (χ3v) is 5.68. The van der Waals surface area contributed by atoms with Crippen LogP contribution in [0.25, 0.3) is 0 Å². The van der Waals surface area contributed by atoms with Gasteiger partial charge in [-0.3, -0.25) is 0 Å². The van der Waals surface area contributed by atoms with Crippen molar-refractivity contribution in [2.75, 3.05) is 6.54 Å². The van der Waals surface area contributed by atoms with Crippen molar-refractivity contribution in [3.05, 3.63) is 34.6 Å². The average molecular weight is 277 g/mol. The van der Waals surface area contributed by atoms with Crippen LogP contribution in [0.1, 0.15) is 57.4 Å². The van der Waals surface area contributed by atoms with E-state index in [1.165, 1.54) is 0 Å². The van der Waals surface area contributed by atoms with E-state index in [9.17, 15) is 4.39 Å². The Morgan fingerprint density at radius 3 is 2.10 bits per heavy atom. The number of rotatable bonds is 4. The highest BCUT2D eigenvalue weighted by Gasteiger charge is 2.67. The van der Waals surface area contributed by atoms with E-state index in [1.54, 1.807) is 6.07 Å². The highest BCUT2D eigenvalue weighted by atomic mass is 19.1. The van der Waals surface area contributed by atoms with E-state index < -0.39 is 0 Å². The first-order valence-corrected chi connectivity index (χ1v) is 7.64. The van der Waals surface area contributed by atoms with Gasteiger partial charge in [0.25, 0.3) is 0 Å². The molecule has 1 fully saturated rings. The SMILES string of the molecule is CCNC(c1c(C)cc(C)cc1F)C1C(C)(C)C1(C)C. The number of nitrogens with one attached hydrogen (secondary N) is 1. The molecule has 0 radical (unpaired) electrons. The van der Waals surface area contributed by atoms with E-state index in [1.807, 2.05) is 13.8 Å². The van der Waals surface area contributed by atoms with Crippen LogP contribution in [0.3, 0.4) is 0 Å². The van der Waals surface area contributed by atoms with Gasteiger partial charge in [0.2, 0.25) is 0 Å². The second-order valence-electron chi connectivity index (χ2n) is 7.43. The van der Waals surface area contributed by atoms with Crippen molar-refractivity contribution in [3.8, 4) is 0 Å². The summed E-state index contributed by atoms with van der Waals surface area (Å²) in [6, 6.07) is 3.85. The fraction of sp³-hybridized carbons (Fsp3) is 0.667. The quantitative estimate of drug-likeness (QED) is 0.835. The third-order valence-electron chi connectivity index (χ3n) is 5.68. The summed E-state index contributed by atoms with van der Waals surface area (Å²) in [5, 5.41) is 3.53. The number of benzene rings is 1. The minimum absolute atomic E-state index is 0.0630. The molecule has 0 spiro atoms. The van der Waals surface area contributed by atoms with E-state index in [0.717, 1.165) is 23.2 Å². The number of hydrogen-bond donors (Lipinski definition) is 1. The maximum absolute atomic E-state index is 14.5. The molecule has 2 heteroatoms. The molecule has 0 bridgehead atoms. The Kier molecular flexibility index (Phi) is 3.75. The lowest BCUT2D eigenvalue weighted by molar-refractivity contribution is 0.402. The van der Waals surface area contributed by atoms with Crippen molar-refractivity contribution in [1.29, 1.82) is 0 Å². The minimum Gasteiger partial charge on any atom is -0.310 e. The largest absolute Gasteiger partial charge is 0.310 e. The molecule has 0 aliphatic heterocycles. The van der Waals surface area contributed by atoms with Crippen molar-refractivity contribution in [2.45, 2.75) is 54.5 Å². The zero-order chi connectivity index (χ0) is 15.3. The summed E-state index contributed by atoms with van der Waals surface area (Å²) in [5.41, 5.74) is 3.40. The van der Waals surface area contributed by atoms with Gasteiger partial charge >= 0.3 is 0 Å². The van der Waals surface area contributed by atoms with Gasteiger partial charge in [-0.05, 0) is 54.3 Å². The molecular formula is C18H28FN. The molecular weight excluding hydrogens is 249 g/mol.